The highest BCUT2D eigenvalue weighted by atomic mass is 16.3. The summed E-state index contributed by atoms with van der Waals surface area (Å²) in [6.07, 6.45) is 0. The molecule has 0 unspecified atom stereocenters. The summed E-state index contributed by atoms with van der Waals surface area (Å²) in [7, 11) is 0. The molecule has 1 aliphatic rings. The molecule has 1 aliphatic heterocycles. The molecule has 0 aliphatic carbocycles. The van der Waals surface area contributed by atoms with E-state index in [9.17, 15) is 5.11 Å². The Morgan fingerprint density at radius 2 is 1.47 bits per heavy atom. The normalized spacial score (nSPS) is 14.8. The molecule has 0 saturated carbocycles. The van der Waals surface area contributed by atoms with Crippen LogP contribution in [0, 0.1) is 0 Å². The Kier molecular flexibility index (Phi) is 2.57. The third-order valence-electron chi connectivity index (χ3n) is 3.29. The second-order valence-electron chi connectivity index (χ2n) is 4.54. The maximum absolute atomic E-state index is 9.76. The Morgan fingerprint density at radius 1 is 0.882 bits per heavy atom. The summed E-state index contributed by atoms with van der Waals surface area (Å²) >= 11 is 0. The summed E-state index contributed by atoms with van der Waals surface area (Å²) in [5.41, 5.74) is 3.81. The van der Waals surface area contributed by atoms with Gasteiger partial charge in [0, 0.05) is 25.2 Å². The molecule has 1 N–H and O–H groups in total. The molecule has 0 aromatic heterocycles. The van der Waals surface area contributed by atoms with Crippen LogP contribution in [0.3, 0.4) is 0 Å². The van der Waals surface area contributed by atoms with Gasteiger partial charge >= 0.3 is 0 Å². The van der Waals surface area contributed by atoms with Gasteiger partial charge in [-0.15, -0.1) is 0 Å². The molecule has 0 bridgehead atoms. The molecule has 2 heteroatoms. The van der Waals surface area contributed by atoms with E-state index in [2.05, 4.69) is 29.2 Å². The molecular weight excluding hydrogens is 210 g/mol. The minimum atomic E-state index is 0.392. The van der Waals surface area contributed by atoms with Crippen molar-refractivity contribution >= 4 is 0 Å². The number of phenols is 1. The number of benzene rings is 2. The topological polar surface area (TPSA) is 23.5 Å². The first-order valence-electron chi connectivity index (χ1n) is 5.89. The molecule has 3 rings (SSSR count). The summed E-state index contributed by atoms with van der Waals surface area (Å²) in [5, 5.41) is 9.76. The van der Waals surface area contributed by atoms with Crippen molar-refractivity contribution < 1.29 is 5.11 Å². The Bertz CT molecular complexity index is 511. The molecule has 0 atom stereocenters. The van der Waals surface area contributed by atoms with E-state index in [1.54, 1.807) is 6.07 Å². The largest absolute Gasteiger partial charge is 0.508 e. The van der Waals surface area contributed by atoms with Crippen LogP contribution in [-0.4, -0.2) is 10.0 Å². The number of fused-ring (bicyclic) bond motifs is 1. The molecule has 2 nitrogen and oxygen atoms in total. The van der Waals surface area contributed by atoms with E-state index in [0.717, 1.165) is 25.2 Å². The average Bonchev–Trinajstić information content (AvgIpc) is 2.74. The van der Waals surface area contributed by atoms with Gasteiger partial charge in [0.15, 0.2) is 0 Å². The lowest BCUT2D eigenvalue weighted by atomic mass is 10.1. The maximum atomic E-state index is 9.76. The van der Waals surface area contributed by atoms with Crippen molar-refractivity contribution in [2.24, 2.45) is 0 Å². The van der Waals surface area contributed by atoms with Gasteiger partial charge in [0.05, 0.1) is 0 Å². The molecule has 86 valence electrons. The standard InChI is InChI=1S/C15H15NO/c17-15-8-4-3-7-14(15)11-16-9-12-5-1-2-6-13(12)10-16/h1-8,17H,9-11H2. The first kappa shape index (κ1) is 10.4. The fraction of sp³-hybridized carbons (Fsp3) is 0.200. The van der Waals surface area contributed by atoms with Crippen molar-refractivity contribution in [2.75, 3.05) is 0 Å². The lowest BCUT2D eigenvalue weighted by molar-refractivity contribution is 0.271. The monoisotopic (exact) mass is 225 g/mol. The van der Waals surface area contributed by atoms with Crippen LogP contribution in [0.4, 0.5) is 0 Å². The average molecular weight is 225 g/mol. The molecule has 1 heterocycles. The first-order chi connectivity index (χ1) is 8.33. The van der Waals surface area contributed by atoms with Gasteiger partial charge in [0.25, 0.3) is 0 Å². The van der Waals surface area contributed by atoms with Crippen molar-refractivity contribution in [2.45, 2.75) is 19.6 Å². The third-order valence-corrected chi connectivity index (χ3v) is 3.29. The zero-order valence-corrected chi connectivity index (χ0v) is 9.63. The molecule has 0 spiro atoms. The lowest BCUT2D eigenvalue weighted by Gasteiger charge is -2.15. The molecular formula is C15H15NO. The highest BCUT2D eigenvalue weighted by Gasteiger charge is 2.18. The molecule has 17 heavy (non-hydrogen) atoms. The smallest absolute Gasteiger partial charge is 0.120 e. The summed E-state index contributed by atoms with van der Waals surface area (Å²) in [5.74, 6) is 0.392. The van der Waals surface area contributed by atoms with E-state index in [-0.39, 0.29) is 0 Å². The second-order valence-corrected chi connectivity index (χ2v) is 4.54. The lowest BCUT2D eigenvalue weighted by Crippen LogP contribution is -2.15. The van der Waals surface area contributed by atoms with E-state index in [4.69, 9.17) is 0 Å². The van der Waals surface area contributed by atoms with Crippen LogP contribution in [0.2, 0.25) is 0 Å². The number of nitrogens with zero attached hydrogens (tertiary/aromatic N) is 1. The predicted octanol–water partition coefficient (Wildman–Crippen LogP) is 2.91. The maximum Gasteiger partial charge on any atom is 0.120 e. The van der Waals surface area contributed by atoms with Gasteiger partial charge < -0.3 is 5.11 Å². The Morgan fingerprint density at radius 3 is 2.12 bits per heavy atom. The molecule has 0 fully saturated rings. The van der Waals surface area contributed by atoms with Gasteiger partial charge in [-0.3, -0.25) is 4.90 Å². The molecule has 2 aromatic rings. The van der Waals surface area contributed by atoms with Crippen LogP contribution in [0.1, 0.15) is 16.7 Å². The van der Waals surface area contributed by atoms with Crippen molar-refractivity contribution in [3.8, 4) is 5.75 Å². The van der Waals surface area contributed by atoms with Gasteiger partial charge in [-0.25, -0.2) is 0 Å². The summed E-state index contributed by atoms with van der Waals surface area (Å²) in [6, 6.07) is 16.1. The van der Waals surface area contributed by atoms with E-state index < -0.39 is 0 Å². The van der Waals surface area contributed by atoms with Crippen LogP contribution in [-0.2, 0) is 19.6 Å². The van der Waals surface area contributed by atoms with E-state index in [1.807, 2.05) is 18.2 Å². The summed E-state index contributed by atoms with van der Waals surface area (Å²) in [4.78, 5) is 2.35. The van der Waals surface area contributed by atoms with E-state index in [1.165, 1.54) is 11.1 Å². The van der Waals surface area contributed by atoms with Gasteiger partial charge in [0.2, 0.25) is 0 Å². The fourth-order valence-corrected chi connectivity index (χ4v) is 2.40. The number of rotatable bonds is 2. The Balaban J connectivity index is 1.76. The Labute approximate surface area is 101 Å². The summed E-state index contributed by atoms with van der Waals surface area (Å²) < 4.78 is 0. The highest BCUT2D eigenvalue weighted by Crippen LogP contribution is 2.26. The quantitative estimate of drug-likeness (QED) is 0.849. The molecule has 2 aromatic carbocycles. The van der Waals surface area contributed by atoms with Crippen LogP contribution in [0.15, 0.2) is 48.5 Å². The highest BCUT2D eigenvalue weighted by molar-refractivity contribution is 5.34. The van der Waals surface area contributed by atoms with E-state index >= 15 is 0 Å². The minimum Gasteiger partial charge on any atom is -0.508 e. The predicted molar refractivity (Wildman–Crippen MR) is 67.5 cm³/mol. The molecule has 0 radical (unpaired) electrons. The third kappa shape index (κ3) is 2.04. The van der Waals surface area contributed by atoms with Crippen molar-refractivity contribution in [1.82, 2.24) is 4.90 Å². The molecule has 0 amide bonds. The minimum absolute atomic E-state index is 0.392. The number of para-hydroxylation sites is 1. The number of hydrogen-bond donors (Lipinski definition) is 1. The van der Waals surface area contributed by atoms with Gasteiger partial charge in [-0.1, -0.05) is 42.5 Å². The van der Waals surface area contributed by atoms with Crippen LogP contribution in [0.5, 0.6) is 5.75 Å². The number of hydrogen-bond acceptors (Lipinski definition) is 2. The van der Waals surface area contributed by atoms with Crippen molar-refractivity contribution in [3.05, 3.63) is 65.2 Å². The number of phenolic OH excluding ortho intramolecular Hbond substituents is 1. The zero-order chi connectivity index (χ0) is 11.7. The van der Waals surface area contributed by atoms with Crippen molar-refractivity contribution in [3.63, 3.8) is 0 Å². The van der Waals surface area contributed by atoms with Gasteiger partial charge in [0.1, 0.15) is 5.75 Å². The van der Waals surface area contributed by atoms with Gasteiger partial charge in [-0.2, -0.15) is 0 Å². The summed E-state index contributed by atoms with van der Waals surface area (Å²) in [6.45, 7) is 2.76. The van der Waals surface area contributed by atoms with Crippen LogP contribution < -0.4 is 0 Å². The fourth-order valence-electron chi connectivity index (χ4n) is 2.40. The SMILES string of the molecule is Oc1ccccc1CN1Cc2ccccc2C1. The van der Waals surface area contributed by atoms with Crippen molar-refractivity contribution in [1.29, 1.82) is 0 Å². The van der Waals surface area contributed by atoms with Gasteiger partial charge in [-0.05, 0) is 17.2 Å². The Hall–Kier alpha value is -1.80. The van der Waals surface area contributed by atoms with Crippen LogP contribution in [0.25, 0.3) is 0 Å². The van der Waals surface area contributed by atoms with Crippen LogP contribution >= 0.6 is 0 Å². The number of aromatic hydroxyl groups is 1. The first-order valence-corrected chi connectivity index (χ1v) is 5.89. The van der Waals surface area contributed by atoms with E-state index in [0.29, 0.717) is 5.75 Å². The molecule has 0 saturated heterocycles. The zero-order valence-electron chi connectivity index (χ0n) is 9.63. The second kappa shape index (κ2) is 4.22.